The number of nitrogens with one attached hydrogen (secondary N) is 1. The number of benzene rings is 2. The van der Waals surface area contributed by atoms with E-state index in [9.17, 15) is 9.18 Å². The number of amides is 1. The zero-order chi connectivity index (χ0) is 13.9. The Morgan fingerprint density at radius 3 is 2.70 bits per heavy atom. The summed E-state index contributed by atoms with van der Waals surface area (Å²) in [4.78, 5) is 12.3. The molecule has 2 atom stereocenters. The molecule has 4 rings (SSSR count). The number of carbonyl (C=O) groups excluding carboxylic acids is 1. The second-order valence-corrected chi connectivity index (χ2v) is 5.86. The molecule has 1 amide bonds. The van der Waals surface area contributed by atoms with Crippen LogP contribution in [-0.2, 0) is 10.2 Å². The van der Waals surface area contributed by atoms with Gasteiger partial charge in [-0.15, -0.1) is 0 Å². The molecule has 1 spiro atoms. The molecule has 2 aromatic rings. The van der Waals surface area contributed by atoms with Gasteiger partial charge in [0.15, 0.2) is 0 Å². The van der Waals surface area contributed by atoms with Crippen molar-refractivity contribution in [3.05, 3.63) is 64.4 Å². The number of rotatable bonds is 1. The van der Waals surface area contributed by atoms with Gasteiger partial charge in [-0.2, -0.15) is 0 Å². The minimum absolute atomic E-state index is 0.0177. The van der Waals surface area contributed by atoms with Gasteiger partial charge in [-0.1, -0.05) is 23.7 Å². The van der Waals surface area contributed by atoms with Crippen molar-refractivity contribution >= 4 is 23.2 Å². The molecule has 1 aliphatic carbocycles. The van der Waals surface area contributed by atoms with Crippen molar-refractivity contribution in [2.45, 2.75) is 17.8 Å². The zero-order valence-electron chi connectivity index (χ0n) is 10.5. The Bertz CT molecular complexity index is 728. The van der Waals surface area contributed by atoms with E-state index in [-0.39, 0.29) is 17.6 Å². The van der Waals surface area contributed by atoms with E-state index in [4.69, 9.17) is 11.6 Å². The van der Waals surface area contributed by atoms with E-state index in [1.54, 1.807) is 18.2 Å². The number of carbonyl (C=O) groups is 1. The van der Waals surface area contributed by atoms with Crippen LogP contribution < -0.4 is 5.32 Å². The molecular weight excluding hydrogens is 277 g/mol. The fourth-order valence-electron chi connectivity index (χ4n) is 3.26. The van der Waals surface area contributed by atoms with Crippen LogP contribution in [0.25, 0.3) is 0 Å². The molecule has 2 aliphatic rings. The van der Waals surface area contributed by atoms with Crippen molar-refractivity contribution in [1.82, 2.24) is 0 Å². The summed E-state index contributed by atoms with van der Waals surface area (Å²) < 4.78 is 13.0. The van der Waals surface area contributed by atoms with Crippen molar-refractivity contribution in [2.24, 2.45) is 0 Å². The molecule has 20 heavy (non-hydrogen) atoms. The van der Waals surface area contributed by atoms with Crippen molar-refractivity contribution in [3.63, 3.8) is 0 Å². The predicted molar refractivity (Wildman–Crippen MR) is 75.5 cm³/mol. The van der Waals surface area contributed by atoms with E-state index in [1.807, 2.05) is 12.1 Å². The van der Waals surface area contributed by atoms with Gasteiger partial charge < -0.3 is 5.32 Å². The Balaban J connectivity index is 1.79. The highest BCUT2D eigenvalue weighted by Crippen LogP contribution is 2.65. The number of hydrogen-bond acceptors (Lipinski definition) is 1. The Labute approximate surface area is 120 Å². The third-order valence-corrected chi connectivity index (χ3v) is 4.58. The highest BCUT2D eigenvalue weighted by atomic mass is 35.5. The number of fused-ring (bicyclic) bond motifs is 2. The maximum atomic E-state index is 13.0. The van der Waals surface area contributed by atoms with Gasteiger partial charge in [0.25, 0.3) is 0 Å². The summed E-state index contributed by atoms with van der Waals surface area (Å²) in [6.07, 6.45) is 0.748. The van der Waals surface area contributed by atoms with Crippen molar-refractivity contribution in [2.75, 3.05) is 5.32 Å². The lowest BCUT2D eigenvalue weighted by Crippen LogP contribution is -2.20. The van der Waals surface area contributed by atoms with Crippen LogP contribution in [0.15, 0.2) is 42.5 Å². The first kappa shape index (κ1) is 11.9. The highest BCUT2D eigenvalue weighted by molar-refractivity contribution is 6.31. The summed E-state index contributed by atoms with van der Waals surface area (Å²) >= 11 is 6.05. The topological polar surface area (TPSA) is 29.1 Å². The van der Waals surface area contributed by atoms with Crippen molar-refractivity contribution < 1.29 is 9.18 Å². The lowest BCUT2D eigenvalue weighted by atomic mass is 9.92. The molecular formula is C16H11ClFNO. The summed E-state index contributed by atoms with van der Waals surface area (Å²) in [6.45, 7) is 0. The van der Waals surface area contributed by atoms with Gasteiger partial charge in [0, 0.05) is 16.6 Å². The third kappa shape index (κ3) is 1.47. The fourth-order valence-corrected chi connectivity index (χ4v) is 3.43. The molecule has 1 fully saturated rings. The lowest BCUT2D eigenvalue weighted by molar-refractivity contribution is -0.118. The SMILES string of the molecule is O=C1Nc2ccc(Cl)cc2C12CC2c1ccc(F)cc1. The van der Waals surface area contributed by atoms with Crippen LogP contribution in [0.2, 0.25) is 5.02 Å². The highest BCUT2D eigenvalue weighted by Gasteiger charge is 2.65. The maximum Gasteiger partial charge on any atom is 0.235 e. The second kappa shape index (κ2) is 3.83. The van der Waals surface area contributed by atoms with Gasteiger partial charge in [0.1, 0.15) is 5.82 Å². The van der Waals surface area contributed by atoms with Gasteiger partial charge in [-0.25, -0.2) is 4.39 Å². The summed E-state index contributed by atoms with van der Waals surface area (Å²) in [5, 5.41) is 3.55. The molecule has 100 valence electrons. The monoisotopic (exact) mass is 287 g/mol. The number of hydrogen-bond donors (Lipinski definition) is 1. The molecule has 0 saturated heterocycles. The summed E-state index contributed by atoms with van der Waals surface area (Å²) in [6, 6.07) is 11.9. The summed E-state index contributed by atoms with van der Waals surface area (Å²) in [5.41, 5.74) is 2.28. The maximum absolute atomic E-state index is 13.0. The molecule has 2 nitrogen and oxygen atoms in total. The standard InChI is InChI=1S/C16H11ClFNO/c17-10-3-6-14-12(7-10)16(15(20)19-14)8-13(16)9-1-4-11(18)5-2-9/h1-7,13H,8H2,(H,19,20). The molecule has 1 N–H and O–H groups in total. The fraction of sp³-hybridized carbons (Fsp3) is 0.188. The van der Waals surface area contributed by atoms with Crippen molar-refractivity contribution in [1.29, 1.82) is 0 Å². The van der Waals surface area contributed by atoms with E-state index in [2.05, 4.69) is 5.32 Å². The molecule has 0 bridgehead atoms. The van der Waals surface area contributed by atoms with Gasteiger partial charge in [-0.05, 0) is 47.9 Å². The summed E-state index contributed by atoms with van der Waals surface area (Å²) in [5.74, 6) is -0.144. The van der Waals surface area contributed by atoms with E-state index in [0.29, 0.717) is 5.02 Å². The molecule has 2 unspecified atom stereocenters. The van der Waals surface area contributed by atoms with E-state index in [1.165, 1.54) is 12.1 Å². The van der Waals surface area contributed by atoms with E-state index < -0.39 is 5.41 Å². The first-order valence-corrected chi connectivity index (χ1v) is 6.86. The molecule has 1 aliphatic heterocycles. The van der Waals surface area contributed by atoms with Crippen LogP contribution in [0.4, 0.5) is 10.1 Å². The zero-order valence-corrected chi connectivity index (χ0v) is 11.2. The Morgan fingerprint density at radius 1 is 1.20 bits per heavy atom. The second-order valence-electron chi connectivity index (χ2n) is 5.42. The van der Waals surface area contributed by atoms with Gasteiger partial charge >= 0.3 is 0 Å². The summed E-state index contributed by atoms with van der Waals surface area (Å²) in [7, 11) is 0. The Kier molecular flexibility index (Phi) is 2.28. The lowest BCUT2D eigenvalue weighted by Gasteiger charge is -2.09. The first-order valence-electron chi connectivity index (χ1n) is 6.48. The van der Waals surface area contributed by atoms with Crippen LogP contribution in [-0.4, -0.2) is 5.91 Å². The van der Waals surface area contributed by atoms with Gasteiger partial charge in [-0.3, -0.25) is 4.79 Å². The first-order chi connectivity index (χ1) is 9.61. The Morgan fingerprint density at radius 2 is 1.95 bits per heavy atom. The van der Waals surface area contributed by atoms with Crippen molar-refractivity contribution in [3.8, 4) is 0 Å². The minimum Gasteiger partial charge on any atom is -0.325 e. The average Bonchev–Trinajstić information content (AvgIpc) is 3.12. The minimum atomic E-state index is -0.516. The van der Waals surface area contributed by atoms with Crippen LogP contribution in [0, 0.1) is 5.82 Å². The van der Waals surface area contributed by atoms with Crippen LogP contribution in [0.5, 0.6) is 0 Å². The largest absolute Gasteiger partial charge is 0.325 e. The predicted octanol–water partition coefficient (Wildman–Crippen LogP) is 3.86. The van der Waals surface area contributed by atoms with Gasteiger partial charge in [0.2, 0.25) is 5.91 Å². The molecule has 0 aromatic heterocycles. The van der Waals surface area contributed by atoms with E-state index in [0.717, 1.165) is 23.2 Å². The molecule has 1 saturated carbocycles. The average molecular weight is 288 g/mol. The molecule has 2 aromatic carbocycles. The van der Waals surface area contributed by atoms with E-state index >= 15 is 0 Å². The Hall–Kier alpha value is -1.87. The number of anilines is 1. The van der Waals surface area contributed by atoms with Crippen LogP contribution in [0.3, 0.4) is 0 Å². The molecule has 1 heterocycles. The third-order valence-electron chi connectivity index (χ3n) is 4.35. The van der Waals surface area contributed by atoms with Gasteiger partial charge in [0.05, 0.1) is 5.41 Å². The quantitative estimate of drug-likeness (QED) is 0.848. The normalized spacial score (nSPS) is 26.5. The van der Waals surface area contributed by atoms with Crippen LogP contribution in [0.1, 0.15) is 23.5 Å². The van der Waals surface area contributed by atoms with Crippen LogP contribution >= 0.6 is 11.6 Å². The molecule has 4 heteroatoms. The molecule has 0 radical (unpaired) electrons. The smallest absolute Gasteiger partial charge is 0.235 e. The number of halogens is 2.